The third-order valence-corrected chi connectivity index (χ3v) is 6.23. The molecule has 152 valence electrons. The van der Waals surface area contributed by atoms with E-state index >= 15 is 0 Å². The van der Waals surface area contributed by atoms with Gasteiger partial charge in [-0.3, -0.25) is 14.7 Å². The first kappa shape index (κ1) is 18.7. The van der Waals surface area contributed by atoms with E-state index in [1.165, 1.54) is 11.3 Å². The minimum atomic E-state index is -0.326. The summed E-state index contributed by atoms with van der Waals surface area (Å²) >= 11 is 1.42. The van der Waals surface area contributed by atoms with Crippen LogP contribution in [-0.2, 0) is 16.1 Å². The van der Waals surface area contributed by atoms with Gasteiger partial charge in [-0.2, -0.15) is 5.10 Å². The summed E-state index contributed by atoms with van der Waals surface area (Å²) < 4.78 is 5.51. The number of amides is 1. The molecule has 0 spiro atoms. The summed E-state index contributed by atoms with van der Waals surface area (Å²) in [5.74, 6) is -0.689. The molecule has 0 saturated carbocycles. The van der Waals surface area contributed by atoms with Gasteiger partial charge in [0.15, 0.2) is 0 Å². The molecule has 1 atom stereocenters. The van der Waals surface area contributed by atoms with Crippen molar-refractivity contribution >= 4 is 44.5 Å². The molecule has 1 aromatic carbocycles. The molecule has 1 amide bonds. The van der Waals surface area contributed by atoms with Crippen LogP contribution in [0.2, 0.25) is 0 Å². The van der Waals surface area contributed by atoms with Gasteiger partial charge >= 0.3 is 5.97 Å². The number of nitrogens with zero attached hydrogens (tertiary/aromatic N) is 4. The number of carbonyl (C=O) groups is 2. The molecule has 0 bridgehead atoms. The molecule has 3 aromatic heterocycles. The van der Waals surface area contributed by atoms with Crippen LogP contribution in [0.3, 0.4) is 0 Å². The molecule has 30 heavy (non-hydrogen) atoms. The summed E-state index contributed by atoms with van der Waals surface area (Å²) in [6.45, 7) is 1.12. The van der Waals surface area contributed by atoms with Crippen LogP contribution in [0.15, 0.2) is 42.7 Å². The van der Waals surface area contributed by atoms with Gasteiger partial charge in [-0.1, -0.05) is 11.3 Å². The number of ether oxygens (including phenoxy) is 1. The number of likely N-dealkylation sites (tertiary alicyclic amines) is 1. The fourth-order valence-electron chi connectivity index (χ4n) is 3.74. The number of aromatic amines is 1. The third-order valence-electron chi connectivity index (χ3n) is 5.28. The molecule has 5 rings (SSSR count). The van der Waals surface area contributed by atoms with Crippen LogP contribution in [0.5, 0.6) is 0 Å². The molecule has 1 saturated heterocycles. The number of rotatable bonds is 4. The predicted octanol–water partition coefficient (Wildman–Crippen LogP) is 3.16. The summed E-state index contributed by atoms with van der Waals surface area (Å²) in [4.78, 5) is 36.8. The second-order valence-corrected chi connectivity index (χ2v) is 8.37. The Morgan fingerprint density at radius 1 is 1.30 bits per heavy atom. The molecule has 0 aliphatic carbocycles. The molecule has 0 radical (unpaired) electrons. The lowest BCUT2D eigenvalue weighted by Gasteiger charge is -2.31. The predicted molar refractivity (Wildman–Crippen MR) is 112 cm³/mol. The van der Waals surface area contributed by atoms with Gasteiger partial charge < -0.3 is 9.64 Å². The van der Waals surface area contributed by atoms with E-state index in [0.717, 1.165) is 27.7 Å². The monoisotopic (exact) mass is 421 g/mol. The number of H-pyrrole nitrogens is 1. The highest BCUT2D eigenvalue weighted by Gasteiger charge is 2.30. The van der Waals surface area contributed by atoms with E-state index in [1.807, 2.05) is 24.3 Å². The quantitative estimate of drug-likeness (QED) is 0.508. The van der Waals surface area contributed by atoms with E-state index in [4.69, 9.17) is 4.74 Å². The maximum atomic E-state index is 12.9. The molecular weight excluding hydrogens is 402 g/mol. The summed E-state index contributed by atoms with van der Waals surface area (Å²) in [5, 5.41) is 8.47. The van der Waals surface area contributed by atoms with Gasteiger partial charge in [-0.25, -0.2) is 9.97 Å². The zero-order valence-corrected chi connectivity index (χ0v) is 16.9. The highest BCUT2D eigenvalue weighted by molar-refractivity contribution is 7.18. The average Bonchev–Trinajstić information content (AvgIpc) is 3.42. The van der Waals surface area contributed by atoms with Crippen molar-refractivity contribution in [2.24, 2.45) is 5.92 Å². The van der Waals surface area contributed by atoms with Crippen LogP contribution in [0.25, 0.3) is 21.3 Å². The number of hydrogen-bond donors (Lipinski definition) is 1. The minimum Gasteiger partial charge on any atom is -0.458 e. The Balaban J connectivity index is 1.22. The lowest BCUT2D eigenvalue weighted by atomic mass is 9.97. The van der Waals surface area contributed by atoms with Crippen molar-refractivity contribution in [2.75, 3.05) is 13.1 Å². The molecule has 1 fully saturated rings. The van der Waals surface area contributed by atoms with Crippen molar-refractivity contribution in [3.8, 4) is 0 Å². The Labute approximate surface area is 175 Å². The van der Waals surface area contributed by atoms with Gasteiger partial charge in [0.25, 0.3) is 5.91 Å². The number of fused-ring (bicyclic) bond motifs is 2. The molecular formula is C21H19N5O3S. The van der Waals surface area contributed by atoms with Gasteiger partial charge in [0.1, 0.15) is 22.0 Å². The maximum Gasteiger partial charge on any atom is 0.311 e. The number of piperidine rings is 1. The number of nitrogens with one attached hydrogen (secondary N) is 1. The van der Waals surface area contributed by atoms with Crippen LogP contribution >= 0.6 is 11.3 Å². The zero-order valence-electron chi connectivity index (χ0n) is 16.1. The normalized spacial score (nSPS) is 16.8. The molecule has 1 N–H and O–H groups in total. The molecule has 1 aliphatic rings. The van der Waals surface area contributed by atoms with E-state index in [1.54, 1.807) is 23.4 Å². The van der Waals surface area contributed by atoms with Crippen molar-refractivity contribution in [1.82, 2.24) is 25.1 Å². The number of esters is 1. The van der Waals surface area contributed by atoms with Gasteiger partial charge in [-0.15, -0.1) is 0 Å². The Bertz CT molecular complexity index is 1200. The van der Waals surface area contributed by atoms with E-state index in [2.05, 4.69) is 20.2 Å². The number of carbonyl (C=O) groups excluding carboxylic acids is 2. The van der Waals surface area contributed by atoms with Crippen molar-refractivity contribution in [3.63, 3.8) is 0 Å². The molecule has 1 aliphatic heterocycles. The van der Waals surface area contributed by atoms with Crippen LogP contribution in [0.1, 0.15) is 28.2 Å². The maximum absolute atomic E-state index is 12.9. The first-order chi connectivity index (χ1) is 14.7. The van der Waals surface area contributed by atoms with Gasteiger partial charge in [0.05, 0.1) is 17.6 Å². The van der Waals surface area contributed by atoms with E-state index in [9.17, 15) is 9.59 Å². The summed E-state index contributed by atoms with van der Waals surface area (Å²) in [7, 11) is 0. The SMILES string of the molecule is O=C(OCc1nc2cccnc2s1)C1CCCN(C(=O)c2ccc3[nH]ncc3c2)C1. The molecule has 1 unspecified atom stereocenters. The van der Waals surface area contributed by atoms with Crippen LogP contribution < -0.4 is 0 Å². The molecule has 8 nitrogen and oxygen atoms in total. The van der Waals surface area contributed by atoms with E-state index < -0.39 is 0 Å². The standard InChI is InChI=1S/C21H19N5O3S/c27-20(13-5-6-16-15(9-13)10-23-25-16)26-8-2-3-14(11-26)21(28)29-12-18-24-17-4-1-7-22-19(17)30-18/h1,4-7,9-10,14H,2-3,8,11-12H2,(H,23,25). The second kappa shape index (κ2) is 7.83. The van der Waals surface area contributed by atoms with Gasteiger partial charge in [0, 0.05) is 30.2 Å². The Morgan fingerprint density at radius 3 is 3.13 bits per heavy atom. The van der Waals surface area contributed by atoms with E-state index in [0.29, 0.717) is 30.1 Å². The summed E-state index contributed by atoms with van der Waals surface area (Å²) in [6.07, 6.45) is 4.89. The fourth-order valence-corrected chi connectivity index (χ4v) is 4.56. The first-order valence-corrected chi connectivity index (χ1v) is 10.6. The lowest BCUT2D eigenvalue weighted by molar-refractivity contribution is -0.151. The fraction of sp³-hybridized carbons (Fsp3) is 0.286. The highest BCUT2D eigenvalue weighted by Crippen LogP contribution is 2.23. The van der Waals surface area contributed by atoms with Crippen LogP contribution in [-0.4, -0.2) is 50.0 Å². The topological polar surface area (TPSA) is 101 Å². The number of benzene rings is 1. The summed E-state index contributed by atoms with van der Waals surface area (Å²) in [5.41, 5.74) is 2.29. The lowest BCUT2D eigenvalue weighted by Crippen LogP contribution is -2.42. The average molecular weight is 421 g/mol. The molecule has 4 heterocycles. The number of pyridine rings is 1. The molecule has 9 heteroatoms. The van der Waals surface area contributed by atoms with Gasteiger partial charge in [0.2, 0.25) is 0 Å². The van der Waals surface area contributed by atoms with Crippen molar-refractivity contribution in [2.45, 2.75) is 19.4 Å². The number of aromatic nitrogens is 4. The second-order valence-electron chi connectivity index (χ2n) is 7.31. The van der Waals surface area contributed by atoms with Crippen molar-refractivity contribution in [1.29, 1.82) is 0 Å². The first-order valence-electron chi connectivity index (χ1n) is 9.77. The van der Waals surface area contributed by atoms with Crippen LogP contribution in [0, 0.1) is 5.92 Å². The Morgan fingerprint density at radius 2 is 2.23 bits per heavy atom. The summed E-state index contributed by atoms with van der Waals surface area (Å²) in [6, 6.07) is 9.17. The Kier molecular flexibility index (Phi) is 4.88. The Hall–Kier alpha value is -3.33. The largest absolute Gasteiger partial charge is 0.458 e. The van der Waals surface area contributed by atoms with Crippen molar-refractivity contribution in [3.05, 3.63) is 53.3 Å². The molecule has 4 aromatic rings. The van der Waals surface area contributed by atoms with Crippen LogP contribution in [0.4, 0.5) is 0 Å². The highest BCUT2D eigenvalue weighted by atomic mass is 32.1. The smallest absolute Gasteiger partial charge is 0.311 e. The van der Waals surface area contributed by atoms with Gasteiger partial charge in [-0.05, 0) is 43.2 Å². The zero-order chi connectivity index (χ0) is 20.5. The number of thiazole rings is 1. The third kappa shape index (κ3) is 3.63. The number of hydrogen-bond acceptors (Lipinski definition) is 7. The van der Waals surface area contributed by atoms with E-state index in [-0.39, 0.29) is 24.4 Å². The minimum absolute atomic E-state index is 0.0761. The van der Waals surface area contributed by atoms with Crippen molar-refractivity contribution < 1.29 is 14.3 Å².